The summed E-state index contributed by atoms with van der Waals surface area (Å²) in [5, 5.41) is 5.96. The van der Waals surface area contributed by atoms with E-state index >= 15 is 0 Å². The number of rotatable bonds is 7. The van der Waals surface area contributed by atoms with Crippen LogP contribution in [0.3, 0.4) is 0 Å². The Kier molecular flexibility index (Phi) is 6.33. The molecular weight excluding hydrogens is 442 g/mol. The van der Waals surface area contributed by atoms with E-state index in [-0.39, 0.29) is 0 Å². The molecule has 1 heterocycles. The zero-order valence-corrected chi connectivity index (χ0v) is 18.6. The molecule has 0 bridgehead atoms. The lowest BCUT2D eigenvalue weighted by molar-refractivity contribution is -0.134. The highest BCUT2D eigenvalue weighted by Gasteiger charge is 2.51. The maximum atomic E-state index is 13.1. The number of ether oxygens (including phenoxy) is 1. The normalized spacial score (nSPS) is 17.6. The molecule has 1 unspecified atom stereocenters. The summed E-state index contributed by atoms with van der Waals surface area (Å²) in [6.45, 7) is 1.43. The fourth-order valence-corrected chi connectivity index (χ4v) is 3.91. The van der Waals surface area contributed by atoms with Gasteiger partial charge >= 0.3 is 6.03 Å². The van der Waals surface area contributed by atoms with Crippen LogP contribution in [0.2, 0.25) is 5.02 Å². The Balaban J connectivity index is 1.41. The van der Waals surface area contributed by atoms with Gasteiger partial charge in [-0.1, -0.05) is 61.0 Å². The highest BCUT2D eigenvalue weighted by Crippen LogP contribution is 2.32. The molecular formula is C25H22ClN3O4. The molecule has 7 nitrogen and oxygen atoms in total. The number of benzene rings is 3. The number of nitrogens with one attached hydrogen (secondary N) is 2. The molecule has 1 saturated heterocycles. The number of carbonyl (C=O) groups is 3. The van der Waals surface area contributed by atoms with Gasteiger partial charge in [0.25, 0.3) is 5.91 Å². The van der Waals surface area contributed by atoms with Crippen molar-refractivity contribution in [1.29, 1.82) is 0 Å². The second-order valence-electron chi connectivity index (χ2n) is 7.55. The molecule has 4 amide bonds. The number of anilines is 1. The van der Waals surface area contributed by atoms with Crippen LogP contribution in [-0.2, 0) is 15.1 Å². The van der Waals surface area contributed by atoms with Gasteiger partial charge in [0.15, 0.2) is 0 Å². The van der Waals surface area contributed by atoms with E-state index in [9.17, 15) is 14.4 Å². The number of amides is 4. The summed E-state index contributed by atoms with van der Waals surface area (Å²) in [5.74, 6) is 0.135. The van der Waals surface area contributed by atoms with Crippen LogP contribution in [0.1, 0.15) is 18.9 Å². The second-order valence-corrected chi connectivity index (χ2v) is 7.96. The summed E-state index contributed by atoms with van der Waals surface area (Å²) < 4.78 is 5.73. The van der Waals surface area contributed by atoms with Gasteiger partial charge < -0.3 is 15.4 Å². The SMILES string of the molecule is CCC1(c2ccccc2)NC(=O)N(CC(=O)Nc2ccc(Oc3ccccc3Cl)cc2)C1=O. The van der Waals surface area contributed by atoms with Crippen molar-refractivity contribution >= 4 is 35.1 Å². The van der Waals surface area contributed by atoms with E-state index in [4.69, 9.17) is 16.3 Å². The van der Waals surface area contributed by atoms with Gasteiger partial charge in [0, 0.05) is 5.69 Å². The van der Waals surface area contributed by atoms with Crippen molar-refractivity contribution in [3.05, 3.63) is 89.4 Å². The van der Waals surface area contributed by atoms with Crippen LogP contribution in [0.5, 0.6) is 11.5 Å². The third-order valence-electron chi connectivity index (χ3n) is 5.48. The number of imide groups is 1. The van der Waals surface area contributed by atoms with E-state index < -0.39 is 29.9 Å². The minimum absolute atomic E-state index is 0.368. The van der Waals surface area contributed by atoms with Crippen molar-refractivity contribution in [1.82, 2.24) is 10.2 Å². The van der Waals surface area contributed by atoms with Gasteiger partial charge in [0.1, 0.15) is 23.6 Å². The first-order valence-corrected chi connectivity index (χ1v) is 10.8. The summed E-state index contributed by atoms with van der Waals surface area (Å²) in [5.41, 5.74) is 0.0160. The molecule has 0 radical (unpaired) electrons. The van der Waals surface area contributed by atoms with E-state index in [0.29, 0.717) is 34.2 Å². The first-order chi connectivity index (χ1) is 15.9. The second kappa shape index (κ2) is 9.34. The zero-order chi connectivity index (χ0) is 23.4. The summed E-state index contributed by atoms with van der Waals surface area (Å²) in [6, 6.07) is 22.2. The predicted molar refractivity (Wildman–Crippen MR) is 125 cm³/mol. The van der Waals surface area contributed by atoms with Crippen molar-refractivity contribution in [2.45, 2.75) is 18.9 Å². The Hall–Kier alpha value is -3.84. The van der Waals surface area contributed by atoms with Crippen LogP contribution in [-0.4, -0.2) is 29.3 Å². The average Bonchev–Trinajstić information content (AvgIpc) is 3.07. The molecule has 0 saturated carbocycles. The van der Waals surface area contributed by atoms with Crippen LogP contribution >= 0.6 is 11.6 Å². The number of urea groups is 1. The minimum Gasteiger partial charge on any atom is -0.456 e. The van der Waals surface area contributed by atoms with Crippen molar-refractivity contribution in [2.75, 3.05) is 11.9 Å². The highest BCUT2D eigenvalue weighted by molar-refractivity contribution is 6.32. The monoisotopic (exact) mass is 463 g/mol. The molecule has 1 atom stereocenters. The summed E-state index contributed by atoms with van der Waals surface area (Å²) in [4.78, 5) is 39.2. The molecule has 1 aliphatic heterocycles. The molecule has 8 heteroatoms. The van der Waals surface area contributed by atoms with Crippen LogP contribution in [0, 0.1) is 0 Å². The number of nitrogens with zero attached hydrogens (tertiary/aromatic N) is 1. The lowest BCUT2D eigenvalue weighted by atomic mass is 9.87. The van der Waals surface area contributed by atoms with E-state index in [1.807, 2.05) is 25.1 Å². The molecule has 168 valence electrons. The highest BCUT2D eigenvalue weighted by atomic mass is 35.5. The Morgan fingerprint density at radius 3 is 2.33 bits per heavy atom. The van der Waals surface area contributed by atoms with Gasteiger partial charge in [-0.2, -0.15) is 0 Å². The summed E-state index contributed by atoms with van der Waals surface area (Å²) >= 11 is 6.10. The Morgan fingerprint density at radius 1 is 1.00 bits per heavy atom. The fourth-order valence-electron chi connectivity index (χ4n) is 3.74. The Labute approximate surface area is 196 Å². The van der Waals surface area contributed by atoms with E-state index in [1.54, 1.807) is 60.7 Å². The fraction of sp³-hybridized carbons (Fsp3) is 0.160. The molecule has 3 aromatic carbocycles. The lowest BCUT2D eigenvalue weighted by Gasteiger charge is -2.25. The first-order valence-electron chi connectivity index (χ1n) is 10.4. The van der Waals surface area contributed by atoms with Crippen LogP contribution in [0.25, 0.3) is 0 Å². The maximum absolute atomic E-state index is 13.1. The van der Waals surface area contributed by atoms with E-state index in [0.717, 1.165) is 4.90 Å². The summed E-state index contributed by atoms with van der Waals surface area (Å²) in [6.07, 6.45) is 0.368. The molecule has 0 aliphatic carbocycles. The third-order valence-corrected chi connectivity index (χ3v) is 5.79. The topological polar surface area (TPSA) is 87.7 Å². The number of hydrogen-bond donors (Lipinski definition) is 2. The predicted octanol–water partition coefficient (Wildman–Crippen LogP) is 4.93. The summed E-state index contributed by atoms with van der Waals surface area (Å²) in [7, 11) is 0. The smallest absolute Gasteiger partial charge is 0.325 e. The molecule has 4 rings (SSSR count). The largest absolute Gasteiger partial charge is 0.456 e. The molecule has 0 spiro atoms. The minimum atomic E-state index is -1.17. The number of hydrogen-bond acceptors (Lipinski definition) is 4. The molecule has 1 fully saturated rings. The van der Waals surface area contributed by atoms with Gasteiger partial charge in [-0.3, -0.25) is 14.5 Å². The first kappa shape index (κ1) is 22.4. The standard InChI is InChI=1S/C25H22ClN3O4/c1-2-25(17-8-4-3-5-9-17)23(31)29(24(32)28-25)16-22(30)27-18-12-14-19(15-13-18)33-21-11-7-6-10-20(21)26/h3-15H,2,16H2,1H3,(H,27,30)(H,28,32). The molecule has 33 heavy (non-hydrogen) atoms. The van der Waals surface area contributed by atoms with E-state index in [2.05, 4.69) is 10.6 Å². The maximum Gasteiger partial charge on any atom is 0.325 e. The Morgan fingerprint density at radius 2 is 1.67 bits per heavy atom. The number of halogens is 1. The van der Waals surface area contributed by atoms with Crippen LogP contribution in [0.4, 0.5) is 10.5 Å². The molecule has 2 N–H and O–H groups in total. The third kappa shape index (κ3) is 4.54. The van der Waals surface area contributed by atoms with Gasteiger partial charge in [-0.25, -0.2) is 4.79 Å². The Bertz CT molecular complexity index is 1180. The van der Waals surface area contributed by atoms with Crippen LogP contribution in [0.15, 0.2) is 78.9 Å². The van der Waals surface area contributed by atoms with Gasteiger partial charge in [0.2, 0.25) is 5.91 Å². The van der Waals surface area contributed by atoms with Gasteiger partial charge in [0.05, 0.1) is 5.02 Å². The molecule has 0 aromatic heterocycles. The number of carbonyl (C=O) groups excluding carboxylic acids is 3. The van der Waals surface area contributed by atoms with E-state index in [1.165, 1.54) is 0 Å². The molecule has 1 aliphatic rings. The quantitative estimate of drug-likeness (QED) is 0.486. The van der Waals surface area contributed by atoms with Crippen molar-refractivity contribution < 1.29 is 19.1 Å². The zero-order valence-electron chi connectivity index (χ0n) is 17.9. The lowest BCUT2D eigenvalue weighted by Crippen LogP contribution is -2.44. The van der Waals surface area contributed by atoms with Crippen molar-refractivity contribution in [2.24, 2.45) is 0 Å². The van der Waals surface area contributed by atoms with Crippen LogP contribution < -0.4 is 15.4 Å². The van der Waals surface area contributed by atoms with Crippen molar-refractivity contribution in [3.63, 3.8) is 0 Å². The average molecular weight is 464 g/mol. The van der Waals surface area contributed by atoms with Crippen molar-refractivity contribution in [3.8, 4) is 11.5 Å². The number of para-hydroxylation sites is 1. The molecule has 3 aromatic rings. The van der Waals surface area contributed by atoms with Gasteiger partial charge in [-0.15, -0.1) is 0 Å². The van der Waals surface area contributed by atoms with Gasteiger partial charge in [-0.05, 0) is 48.4 Å².